The average molecular weight is 325 g/mol. The predicted molar refractivity (Wildman–Crippen MR) is 88.7 cm³/mol. The SMILES string of the molecule is O=C(CN1C[C@H](n2cccn2)Cc2ccccc21)N1CCNC1=O. The van der Waals surface area contributed by atoms with Crippen LogP contribution in [0.15, 0.2) is 42.7 Å². The molecule has 2 aliphatic rings. The molecule has 7 nitrogen and oxygen atoms in total. The van der Waals surface area contributed by atoms with E-state index in [4.69, 9.17) is 0 Å². The normalized spacial score (nSPS) is 20.0. The quantitative estimate of drug-likeness (QED) is 0.915. The predicted octanol–water partition coefficient (Wildman–Crippen LogP) is 1.04. The van der Waals surface area contributed by atoms with Crippen LogP contribution >= 0.6 is 0 Å². The molecule has 0 spiro atoms. The first kappa shape index (κ1) is 14.7. The van der Waals surface area contributed by atoms with Gasteiger partial charge in [-0.3, -0.25) is 14.4 Å². The number of rotatable bonds is 3. The van der Waals surface area contributed by atoms with Crippen LogP contribution < -0.4 is 10.2 Å². The molecule has 1 fully saturated rings. The molecule has 0 aliphatic carbocycles. The standard InChI is InChI=1S/C17H19N5O2/c23-16(21-9-7-18-17(21)24)12-20-11-14(22-8-3-6-19-22)10-13-4-1-2-5-15(13)20/h1-6,8,14H,7,9-12H2,(H,18,24)/t14-/m1/s1. The van der Waals surface area contributed by atoms with Crippen molar-refractivity contribution in [3.8, 4) is 0 Å². The average Bonchev–Trinajstić information content (AvgIpc) is 3.26. The number of amides is 3. The number of nitrogens with zero attached hydrogens (tertiary/aromatic N) is 4. The summed E-state index contributed by atoms with van der Waals surface area (Å²) in [6.45, 7) is 1.86. The molecule has 4 rings (SSSR count). The third-order valence-electron chi connectivity index (χ3n) is 4.60. The number of carbonyl (C=O) groups excluding carboxylic acids is 2. The molecule has 0 saturated carbocycles. The number of urea groups is 1. The molecule has 2 aromatic rings. The zero-order chi connectivity index (χ0) is 16.5. The lowest BCUT2D eigenvalue weighted by Crippen LogP contribution is -2.45. The molecule has 0 radical (unpaired) electrons. The Morgan fingerprint density at radius 3 is 2.92 bits per heavy atom. The molecule has 1 saturated heterocycles. The van der Waals surface area contributed by atoms with Crippen LogP contribution in [0.3, 0.4) is 0 Å². The van der Waals surface area contributed by atoms with Gasteiger partial charge in [0.1, 0.15) is 0 Å². The molecule has 1 aromatic carbocycles. The summed E-state index contributed by atoms with van der Waals surface area (Å²) < 4.78 is 1.94. The number of fused-ring (bicyclic) bond motifs is 1. The van der Waals surface area contributed by atoms with E-state index >= 15 is 0 Å². The molecule has 24 heavy (non-hydrogen) atoms. The lowest BCUT2D eigenvalue weighted by Gasteiger charge is -2.36. The maximum atomic E-state index is 12.5. The maximum Gasteiger partial charge on any atom is 0.324 e. The van der Waals surface area contributed by atoms with E-state index in [0.29, 0.717) is 19.6 Å². The molecule has 7 heteroatoms. The fourth-order valence-electron chi connectivity index (χ4n) is 3.44. The van der Waals surface area contributed by atoms with E-state index in [9.17, 15) is 9.59 Å². The molecule has 1 N–H and O–H groups in total. The first-order valence-electron chi connectivity index (χ1n) is 8.12. The molecule has 3 amide bonds. The summed E-state index contributed by atoms with van der Waals surface area (Å²) in [6, 6.07) is 9.90. The van der Waals surface area contributed by atoms with Crippen LogP contribution in [0.4, 0.5) is 10.5 Å². The molecular formula is C17H19N5O2. The van der Waals surface area contributed by atoms with Gasteiger partial charge < -0.3 is 10.2 Å². The number of hydrogen-bond acceptors (Lipinski definition) is 4. The number of carbonyl (C=O) groups is 2. The van der Waals surface area contributed by atoms with Gasteiger partial charge in [-0.25, -0.2) is 4.79 Å². The zero-order valence-electron chi connectivity index (χ0n) is 13.3. The molecule has 0 bridgehead atoms. The number of para-hydroxylation sites is 1. The van der Waals surface area contributed by atoms with Crippen molar-refractivity contribution in [2.75, 3.05) is 31.1 Å². The van der Waals surface area contributed by atoms with E-state index in [2.05, 4.69) is 21.4 Å². The molecule has 2 aliphatic heterocycles. The van der Waals surface area contributed by atoms with E-state index in [0.717, 1.165) is 12.1 Å². The van der Waals surface area contributed by atoms with Crippen molar-refractivity contribution >= 4 is 17.6 Å². The van der Waals surface area contributed by atoms with Crippen LogP contribution in [0.2, 0.25) is 0 Å². The Bertz CT molecular complexity index is 758. The summed E-state index contributed by atoms with van der Waals surface area (Å²) >= 11 is 0. The van der Waals surface area contributed by atoms with Crippen molar-refractivity contribution in [2.24, 2.45) is 0 Å². The highest BCUT2D eigenvalue weighted by atomic mass is 16.2. The van der Waals surface area contributed by atoms with Gasteiger partial charge in [0, 0.05) is 37.7 Å². The molecule has 1 aromatic heterocycles. The Kier molecular flexibility index (Phi) is 3.68. The van der Waals surface area contributed by atoms with Gasteiger partial charge in [-0.2, -0.15) is 5.10 Å². The Labute approximate surface area is 139 Å². The van der Waals surface area contributed by atoms with Crippen LogP contribution in [0.5, 0.6) is 0 Å². The van der Waals surface area contributed by atoms with E-state index in [1.54, 1.807) is 6.20 Å². The fraction of sp³-hybridized carbons (Fsp3) is 0.353. The summed E-state index contributed by atoms with van der Waals surface area (Å²) in [7, 11) is 0. The number of aromatic nitrogens is 2. The molecule has 124 valence electrons. The fourth-order valence-corrected chi connectivity index (χ4v) is 3.44. The van der Waals surface area contributed by atoms with Gasteiger partial charge in [-0.15, -0.1) is 0 Å². The van der Waals surface area contributed by atoms with Crippen LogP contribution in [-0.2, 0) is 11.2 Å². The second-order valence-electron chi connectivity index (χ2n) is 6.13. The minimum atomic E-state index is -0.297. The monoisotopic (exact) mass is 325 g/mol. The van der Waals surface area contributed by atoms with Gasteiger partial charge >= 0.3 is 6.03 Å². The second-order valence-corrected chi connectivity index (χ2v) is 6.13. The smallest absolute Gasteiger partial charge is 0.324 e. The lowest BCUT2D eigenvalue weighted by atomic mass is 9.98. The summed E-state index contributed by atoms with van der Waals surface area (Å²) in [4.78, 5) is 27.6. The van der Waals surface area contributed by atoms with E-state index in [-0.39, 0.29) is 24.5 Å². The third-order valence-corrected chi connectivity index (χ3v) is 4.60. The highest BCUT2D eigenvalue weighted by Crippen LogP contribution is 2.31. The maximum absolute atomic E-state index is 12.5. The molecular weight excluding hydrogens is 306 g/mol. The lowest BCUT2D eigenvalue weighted by molar-refractivity contribution is -0.126. The Balaban J connectivity index is 1.58. The Morgan fingerprint density at radius 2 is 2.17 bits per heavy atom. The third kappa shape index (κ3) is 2.62. The highest BCUT2D eigenvalue weighted by molar-refractivity contribution is 5.97. The van der Waals surface area contributed by atoms with Gasteiger partial charge in [0.15, 0.2) is 0 Å². The van der Waals surface area contributed by atoms with Crippen LogP contribution in [-0.4, -0.2) is 52.8 Å². The minimum Gasteiger partial charge on any atom is -0.360 e. The largest absolute Gasteiger partial charge is 0.360 e. The summed E-state index contributed by atoms with van der Waals surface area (Å²) in [5.74, 6) is -0.166. The van der Waals surface area contributed by atoms with Crippen molar-refractivity contribution in [1.82, 2.24) is 20.0 Å². The highest BCUT2D eigenvalue weighted by Gasteiger charge is 2.31. The Morgan fingerprint density at radius 1 is 1.29 bits per heavy atom. The number of hydrogen-bond donors (Lipinski definition) is 1. The molecule has 1 atom stereocenters. The Hall–Kier alpha value is -2.83. The van der Waals surface area contributed by atoms with Gasteiger partial charge in [0.25, 0.3) is 0 Å². The van der Waals surface area contributed by atoms with Crippen LogP contribution in [0.1, 0.15) is 11.6 Å². The van der Waals surface area contributed by atoms with E-state index in [1.165, 1.54) is 10.5 Å². The minimum absolute atomic E-state index is 0.166. The number of imide groups is 1. The topological polar surface area (TPSA) is 70.5 Å². The zero-order valence-corrected chi connectivity index (χ0v) is 13.3. The first-order valence-corrected chi connectivity index (χ1v) is 8.12. The van der Waals surface area contributed by atoms with E-state index in [1.807, 2.05) is 35.1 Å². The number of benzene rings is 1. The van der Waals surface area contributed by atoms with Crippen molar-refractivity contribution < 1.29 is 9.59 Å². The van der Waals surface area contributed by atoms with Gasteiger partial charge in [-0.1, -0.05) is 18.2 Å². The van der Waals surface area contributed by atoms with Crippen molar-refractivity contribution in [2.45, 2.75) is 12.5 Å². The molecule has 3 heterocycles. The first-order chi connectivity index (χ1) is 11.7. The number of anilines is 1. The van der Waals surface area contributed by atoms with Crippen LogP contribution in [0, 0.1) is 0 Å². The van der Waals surface area contributed by atoms with E-state index < -0.39 is 0 Å². The van der Waals surface area contributed by atoms with Gasteiger partial charge in [-0.05, 0) is 24.1 Å². The summed E-state index contributed by atoms with van der Waals surface area (Å²) in [6.07, 6.45) is 4.60. The van der Waals surface area contributed by atoms with Crippen molar-refractivity contribution in [3.05, 3.63) is 48.3 Å². The van der Waals surface area contributed by atoms with Crippen LogP contribution in [0.25, 0.3) is 0 Å². The van der Waals surface area contributed by atoms with Crippen molar-refractivity contribution in [3.63, 3.8) is 0 Å². The van der Waals surface area contributed by atoms with Gasteiger partial charge in [0.05, 0.1) is 12.6 Å². The van der Waals surface area contributed by atoms with Crippen molar-refractivity contribution in [1.29, 1.82) is 0 Å². The summed E-state index contributed by atoms with van der Waals surface area (Å²) in [5.41, 5.74) is 2.26. The second kappa shape index (κ2) is 5.99. The van der Waals surface area contributed by atoms with Gasteiger partial charge in [0.2, 0.25) is 5.91 Å². The number of nitrogens with one attached hydrogen (secondary N) is 1. The summed E-state index contributed by atoms with van der Waals surface area (Å²) in [5, 5.41) is 7.02. The molecule has 0 unspecified atom stereocenters.